The number of aromatic nitrogens is 1. The zero-order valence-corrected chi connectivity index (χ0v) is 13.3. The van der Waals surface area contributed by atoms with E-state index >= 15 is 0 Å². The third-order valence-electron chi connectivity index (χ3n) is 3.35. The van der Waals surface area contributed by atoms with Crippen LogP contribution in [-0.2, 0) is 4.79 Å². The van der Waals surface area contributed by atoms with Crippen LogP contribution >= 0.6 is 0 Å². The lowest BCUT2D eigenvalue weighted by Crippen LogP contribution is -2.09. The van der Waals surface area contributed by atoms with E-state index in [-0.39, 0.29) is 5.91 Å². The van der Waals surface area contributed by atoms with Gasteiger partial charge in [-0.05, 0) is 24.3 Å². The minimum absolute atomic E-state index is 0.330. The topological polar surface area (TPSA) is 73.6 Å². The second-order valence-corrected chi connectivity index (χ2v) is 4.91. The summed E-state index contributed by atoms with van der Waals surface area (Å²) in [5, 5.41) is 2.74. The van der Waals surface area contributed by atoms with Crippen LogP contribution in [0, 0.1) is 0 Å². The van der Waals surface area contributed by atoms with Crippen LogP contribution in [-0.4, -0.2) is 25.1 Å². The molecule has 122 valence electrons. The van der Waals surface area contributed by atoms with Crippen LogP contribution < -0.4 is 14.8 Å². The van der Waals surface area contributed by atoms with E-state index in [0.717, 1.165) is 5.52 Å². The molecule has 0 spiro atoms. The van der Waals surface area contributed by atoms with Crippen molar-refractivity contribution in [3.63, 3.8) is 0 Å². The van der Waals surface area contributed by atoms with Gasteiger partial charge < -0.3 is 19.2 Å². The summed E-state index contributed by atoms with van der Waals surface area (Å²) in [6.45, 7) is 0. The molecule has 6 nitrogen and oxygen atoms in total. The van der Waals surface area contributed by atoms with Crippen molar-refractivity contribution in [1.82, 2.24) is 4.98 Å². The number of methoxy groups -OCH3 is 2. The van der Waals surface area contributed by atoms with Crippen LogP contribution in [0.3, 0.4) is 0 Å². The Morgan fingerprint density at radius 2 is 2.00 bits per heavy atom. The number of hydrogen-bond donors (Lipinski definition) is 1. The van der Waals surface area contributed by atoms with Gasteiger partial charge >= 0.3 is 0 Å². The van der Waals surface area contributed by atoms with E-state index in [0.29, 0.717) is 28.7 Å². The van der Waals surface area contributed by atoms with Crippen molar-refractivity contribution in [3.05, 3.63) is 54.4 Å². The summed E-state index contributed by atoms with van der Waals surface area (Å²) in [6.07, 6.45) is 2.87. The quantitative estimate of drug-likeness (QED) is 0.727. The van der Waals surface area contributed by atoms with Crippen LogP contribution in [0.15, 0.2) is 53.0 Å². The molecule has 0 unspecified atom stereocenters. The van der Waals surface area contributed by atoms with Crippen molar-refractivity contribution in [2.75, 3.05) is 19.5 Å². The number of fused-ring (bicyclic) bond motifs is 1. The van der Waals surface area contributed by atoms with Gasteiger partial charge in [0.2, 0.25) is 11.8 Å². The smallest absolute Gasteiger partial charge is 0.248 e. The van der Waals surface area contributed by atoms with Gasteiger partial charge in [0, 0.05) is 18.2 Å². The fourth-order valence-corrected chi connectivity index (χ4v) is 2.19. The number of carbonyl (C=O) groups is 1. The molecule has 0 radical (unpaired) electrons. The molecular weight excluding hydrogens is 308 g/mol. The van der Waals surface area contributed by atoms with E-state index in [1.807, 2.05) is 24.3 Å². The molecule has 3 rings (SSSR count). The molecule has 3 aromatic rings. The van der Waals surface area contributed by atoms with Gasteiger partial charge in [-0.3, -0.25) is 4.79 Å². The van der Waals surface area contributed by atoms with Gasteiger partial charge in [-0.25, -0.2) is 4.98 Å². The second kappa shape index (κ2) is 6.87. The summed E-state index contributed by atoms with van der Waals surface area (Å²) in [5.74, 6) is 1.20. The van der Waals surface area contributed by atoms with E-state index in [2.05, 4.69) is 10.3 Å². The minimum atomic E-state index is -0.330. The summed E-state index contributed by atoms with van der Waals surface area (Å²) in [7, 11) is 3.09. The lowest BCUT2D eigenvalue weighted by molar-refractivity contribution is -0.111. The van der Waals surface area contributed by atoms with E-state index in [4.69, 9.17) is 13.9 Å². The molecule has 0 fully saturated rings. The summed E-state index contributed by atoms with van der Waals surface area (Å²) >= 11 is 0. The molecule has 24 heavy (non-hydrogen) atoms. The summed E-state index contributed by atoms with van der Waals surface area (Å²) in [4.78, 5) is 16.4. The molecule has 1 heterocycles. The molecule has 0 aliphatic heterocycles. The van der Waals surface area contributed by atoms with Crippen molar-refractivity contribution in [2.45, 2.75) is 0 Å². The lowest BCUT2D eigenvalue weighted by atomic mass is 10.2. The molecule has 0 saturated carbocycles. The maximum atomic E-state index is 12.1. The van der Waals surface area contributed by atoms with E-state index < -0.39 is 0 Å². The standard InChI is InChI=1S/C18H16N2O4/c1-22-12-7-8-15(23-2)14(11-12)19-17(21)9-10-18-20-13-5-3-4-6-16(13)24-18/h3-11H,1-2H3,(H,19,21)/b10-9+. The first-order valence-corrected chi connectivity index (χ1v) is 7.26. The molecule has 2 aromatic carbocycles. The average molecular weight is 324 g/mol. The molecule has 1 N–H and O–H groups in total. The van der Waals surface area contributed by atoms with Crippen LogP contribution in [0.5, 0.6) is 11.5 Å². The molecule has 0 aliphatic carbocycles. The first-order chi connectivity index (χ1) is 11.7. The number of anilines is 1. The van der Waals surface area contributed by atoms with Crippen LogP contribution in [0.1, 0.15) is 5.89 Å². The van der Waals surface area contributed by atoms with Crippen LogP contribution in [0.25, 0.3) is 17.2 Å². The monoisotopic (exact) mass is 324 g/mol. The number of oxazole rings is 1. The highest BCUT2D eigenvalue weighted by Crippen LogP contribution is 2.28. The molecular formula is C18H16N2O4. The molecule has 0 bridgehead atoms. The highest BCUT2D eigenvalue weighted by Gasteiger charge is 2.08. The SMILES string of the molecule is COc1ccc(OC)c(NC(=O)/C=C/c2nc3ccccc3o2)c1. The number of amides is 1. The molecule has 6 heteroatoms. The number of hydrogen-bond acceptors (Lipinski definition) is 5. The zero-order chi connectivity index (χ0) is 16.9. The third kappa shape index (κ3) is 3.38. The molecule has 0 aliphatic rings. The molecule has 0 atom stereocenters. The molecule has 1 aromatic heterocycles. The van der Waals surface area contributed by atoms with Crippen molar-refractivity contribution in [3.8, 4) is 11.5 Å². The third-order valence-corrected chi connectivity index (χ3v) is 3.35. The van der Waals surface area contributed by atoms with E-state index in [1.165, 1.54) is 19.3 Å². The predicted molar refractivity (Wildman–Crippen MR) is 91.2 cm³/mol. The maximum absolute atomic E-state index is 12.1. The predicted octanol–water partition coefficient (Wildman–Crippen LogP) is 3.50. The molecule has 1 amide bonds. The minimum Gasteiger partial charge on any atom is -0.497 e. The Morgan fingerprint density at radius 3 is 2.75 bits per heavy atom. The van der Waals surface area contributed by atoms with Gasteiger partial charge in [0.1, 0.15) is 17.0 Å². The lowest BCUT2D eigenvalue weighted by Gasteiger charge is -2.10. The number of para-hydroxylation sites is 2. The summed E-state index contributed by atoms with van der Waals surface area (Å²) < 4.78 is 15.9. The first-order valence-electron chi connectivity index (χ1n) is 7.26. The number of benzene rings is 2. The van der Waals surface area contributed by atoms with Crippen molar-refractivity contribution in [2.24, 2.45) is 0 Å². The Kier molecular flexibility index (Phi) is 4.47. The van der Waals surface area contributed by atoms with Gasteiger partial charge in [-0.2, -0.15) is 0 Å². The van der Waals surface area contributed by atoms with Gasteiger partial charge in [0.15, 0.2) is 5.58 Å². The van der Waals surface area contributed by atoms with Crippen molar-refractivity contribution < 1.29 is 18.7 Å². The Labute approximate surface area is 138 Å². The van der Waals surface area contributed by atoms with Crippen LogP contribution in [0.4, 0.5) is 5.69 Å². The Balaban J connectivity index is 1.75. The maximum Gasteiger partial charge on any atom is 0.248 e. The Bertz CT molecular complexity index is 866. The fraction of sp³-hybridized carbons (Fsp3) is 0.111. The van der Waals surface area contributed by atoms with Crippen LogP contribution in [0.2, 0.25) is 0 Å². The van der Waals surface area contributed by atoms with Gasteiger partial charge in [-0.1, -0.05) is 12.1 Å². The average Bonchev–Trinajstić information content (AvgIpc) is 3.03. The normalized spacial score (nSPS) is 10.9. The Hall–Kier alpha value is -3.28. The van der Waals surface area contributed by atoms with Gasteiger partial charge in [-0.15, -0.1) is 0 Å². The number of nitrogens with zero attached hydrogens (tertiary/aromatic N) is 1. The number of nitrogens with one attached hydrogen (secondary N) is 1. The van der Waals surface area contributed by atoms with Crippen molar-refractivity contribution >= 4 is 28.8 Å². The van der Waals surface area contributed by atoms with Gasteiger partial charge in [0.05, 0.1) is 19.9 Å². The number of carbonyl (C=O) groups excluding carboxylic acids is 1. The fourth-order valence-electron chi connectivity index (χ4n) is 2.19. The highest BCUT2D eigenvalue weighted by atomic mass is 16.5. The highest BCUT2D eigenvalue weighted by molar-refractivity contribution is 6.02. The Morgan fingerprint density at radius 1 is 1.17 bits per heavy atom. The second-order valence-electron chi connectivity index (χ2n) is 4.91. The first kappa shape index (κ1) is 15.6. The van der Waals surface area contributed by atoms with Gasteiger partial charge in [0.25, 0.3) is 0 Å². The van der Waals surface area contributed by atoms with E-state index in [9.17, 15) is 4.79 Å². The molecule has 0 saturated heterocycles. The zero-order valence-electron chi connectivity index (χ0n) is 13.3. The number of ether oxygens (including phenoxy) is 2. The largest absolute Gasteiger partial charge is 0.497 e. The van der Waals surface area contributed by atoms with E-state index in [1.54, 1.807) is 25.3 Å². The number of rotatable bonds is 5. The summed E-state index contributed by atoms with van der Waals surface area (Å²) in [5.41, 5.74) is 1.93. The van der Waals surface area contributed by atoms with Crippen molar-refractivity contribution in [1.29, 1.82) is 0 Å². The summed E-state index contributed by atoms with van der Waals surface area (Å²) in [6, 6.07) is 12.6.